The van der Waals surface area contributed by atoms with Crippen molar-refractivity contribution in [2.45, 2.75) is 33.6 Å². The maximum absolute atomic E-state index is 10.5. The minimum atomic E-state index is -0.109. The van der Waals surface area contributed by atoms with E-state index in [4.69, 9.17) is 5.11 Å². The van der Waals surface area contributed by atoms with Crippen LogP contribution in [-0.4, -0.2) is 16.7 Å². The normalized spacial score (nSPS) is 15.8. The van der Waals surface area contributed by atoms with Gasteiger partial charge in [-0.1, -0.05) is 0 Å². The maximum atomic E-state index is 10.5. The van der Waals surface area contributed by atoms with Gasteiger partial charge < -0.3 is 9.90 Å². The summed E-state index contributed by atoms with van der Waals surface area (Å²) in [6, 6.07) is 0. The van der Waals surface area contributed by atoms with E-state index in [1.54, 1.807) is 6.92 Å². The summed E-state index contributed by atoms with van der Waals surface area (Å²) in [5, 5.41) is 8.80. The molecule has 0 fully saturated rings. The van der Waals surface area contributed by atoms with Gasteiger partial charge in [0.2, 0.25) is 0 Å². The van der Waals surface area contributed by atoms with E-state index < -0.39 is 0 Å². The number of hydrogen-bond acceptors (Lipinski definition) is 3. The van der Waals surface area contributed by atoms with Crippen molar-refractivity contribution < 1.29 is 14.7 Å². The second kappa shape index (κ2) is 4.70. The predicted molar refractivity (Wildman–Crippen MR) is 45.9 cm³/mol. The number of carbonyl (C=O) groups is 2. The van der Waals surface area contributed by atoms with Crippen molar-refractivity contribution in [2.75, 3.05) is 0 Å². The molecule has 0 spiro atoms. The topological polar surface area (TPSA) is 54.4 Å². The Morgan fingerprint density at radius 1 is 1.33 bits per heavy atom. The Hall–Kier alpha value is -1.12. The first kappa shape index (κ1) is 10.9. The Labute approximate surface area is 72.1 Å². The minimum Gasteiger partial charge on any atom is -0.504 e. The van der Waals surface area contributed by atoms with Gasteiger partial charge in [-0.25, -0.2) is 0 Å². The van der Waals surface area contributed by atoms with Crippen LogP contribution in [0.15, 0.2) is 11.3 Å². The van der Waals surface area contributed by atoms with Crippen LogP contribution in [0, 0.1) is 0 Å². The molecule has 0 heterocycles. The summed E-state index contributed by atoms with van der Waals surface area (Å²) in [5.41, 5.74) is 0.829. The molecule has 12 heavy (non-hydrogen) atoms. The molecule has 3 nitrogen and oxygen atoms in total. The average Bonchev–Trinajstić information content (AvgIpc) is 2.19. The van der Waals surface area contributed by atoms with Gasteiger partial charge in [0.1, 0.15) is 5.78 Å². The van der Waals surface area contributed by atoms with Gasteiger partial charge in [0.05, 0.1) is 0 Å². The molecular formula is C9H14O3. The number of aliphatic hydroxyl groups excluding tert-OH is 1. The Bertz CT molecular complexity index is 222. The van der Waals surface area contributed by atoms with Crippen molar-refractivity contribution >= 4 is 11.6 Å². The summed E-state index contributed by atoms with van der Waals surface area (Å²) < 4.78 is 0. The summed E-state index contributed by atoms with van der Waals surface area (Å²) >= 11 is 0. The van der Waals surface area contributed by atoms with Crippen LogP contribution in [0.25, 0.3) is 0 Å². The third kappa shape index (κ3) is 3.91. The molecule has 0 saturated carbocycles. The molecule has 0 bridgehead atoms. The summed E-state index contributed by atoms with van der Waals surface area (Å²) in [6.07, 6.45) is 1.24. The van der Waals surface area contributed by atoms with Crippen molar-refractivity contribution in [3.63, 3.8) is 0 Å². The zero-order chi connectivity index (χ0) is 9.72. The van der Waals surface area contributed by atoms with E-state index in [0.717, 1.165) is 12.0 Å². The fourth-order valence-corrected chi connectivity index (χ4v) is 0.776. The number of allylic oxidation sites excluding steroid dienone is 2. The second-order valence-electron chi connectivity index (χ2n) is 2.96. The van der Waals surface area contributed by atoms with Crippen molar-refractivity contribution in [1.82, 2.24) is 0 Å². The number of aliphatic hydroxyl groups is 1. The lowest BCUT2D eigenvalue weighted by Gasteiger charge is -1.85. The molecule has 0 aromatic carbocycles. The lowest BCUT2D eigenvalue weighted by molar-refractivity contribution is -0.117. The summed E-state index contributed by atoms with van der Waals surface area (Å²) in [4.78, 5) is 19.9. The highest BCUT2D eigenvalue weighted by atomic mass is 16.3. The molecule has 1 aliphatic rings. The third-order valence-electron chi connectivity index (χ3n) is 1.40. The van der Waals surface area contributed by atoms with E-state index in [0.29, 0.717) is 6.42 Å². The van der Waals surface area contributed by atoms with Crippen LogP contribution in [0.4, 0.5) is 0 Å². The van der Waals surface area contributed by atoms with Crippen molar-refractivity contribution in [2.24, 2.45) is 0 Å². The number of Topliss-reactive ketones (excluding diaryl/α,β-unsaturated/α-hetero) is 2. The van der Waals surface area contributed by atoms with E-state index >= 15 is 0 Å². The van der Waals surface area contributed by atoms with Gasteiger partial charge >= 0.3 is 0 Å². The standard InChI is InChI=1S/C6H8O2.C3H6O/c1-4-2-3-5(7)6(4)8;1-3(2)4/h8H,2-3H2,1H3;1-2H3. The molecule has 0 amide bonds. The smallest absolute Gasteiger partial charge is 0.197 e. The van der Waals surface area contributed by atoms with Crippen molar-refractivity contribution in [3.05, 3.63) is 11.3 Å². The molecule has 3 heteroatoms. The SMILES string of the molecule is CC(C)=O.CC1=C(O)C(=O)CC1. The van der Waals surface area contributed by atoms with E-state index in [-0.39, 0.29) is 17.3 Å². The summed E-state index contributed by atoms with van der Waals surface area (Å²) in [6.45, 7) is 4.83. The zero-order valence-electron chi connectivity index (χ0n) is 7.68. The molecule has 0 saturated heterocycles. The van der Waals surface area contributed by atoms with Gasteiger partial charge in [0, 0.05) is 6.42 Å². The van der Waals surface area contributed by atoms with Gasteiger partial charge in [-0.05, 0) is 32.8 Å². The van der Waals surface area contributed by atoms with Crippen LogP contribution in [-0.2, 0) is 9.59 Å². The van der Waals surface area contributed by atoms with Gasteiger partial charge in [0.25, 0.3) is 0 Å². The van der Waals surface area contributed by atoms with E-state index in [1.807, 2.05) is 0 Å². The molecule has 0 unspecified atom stereocenters. The molecule has 1 N–H and O–H groups in total. The lowest BCUT2D eigenvalue weighted by Crippen LogP contribution is -1.92. The van der Waals surface area contributed by atoms with Crippen molar-refractivity contribution in [1.29, 1.82) is 0 Å². The number of ketones is 2. The van der Waals surface area contributed by atoms with E-state index in [1.165, 1.54) is 13.8 Å². The molecule has 0 atom stereocenters. The van der Waals surface area contributed by atoms with Gasteiger partial charge in [-0.2, -0.15) is 0 Å². The predicted octanol–water partition coefficient (Wildman–Crippen LogP) is 1.78. The summed E-state index contributed by atoms with van der Waals surface area (Å²) in [5.74, 6) is 0.0486. The molecule has 0 aromatic rings. The first-order chi connectivity index (χ1) is 5.45. The van der Waals surface area contributed by atoms with Crippen LogP contribution in [0.1, 0.15) is 33.6 Å². The average molecular weight is 170 g/mol. The number of rotatable bonds is 0. The number of carbonyl (C=O) groups excluding carboxylic acids is 2. The van der Waals surface area contributed by atoms with Crippen molar-refractivity contribution in [3.8, 4) is 0 Å². The molecule has 0 aromatic heterocycles. The molecule has 68 valence electrons. The van der Waals surface area contributed by atoms with Gasteiger partial charge in [-0.3, -0.25) is 4.79 Å². The highest BCUT2D eigenvalue weighted by Crippen LogP contribution is 2.18. The van der Waals surface area contributed by atoms with Crippen LogP contribution >= 0.6 is 0 Å². The fraction of sp³-hybridized carbons (Fsp3) is 0.556. The largest absolute Gasteiger partial charge is 0.504 e. The van der Waals surface area contributed by atoms with E-state index in [9.17, 15) is 9.59 Å². The van der Waals surface area contributed by atoms with E-state index in [2.05, 4.69) is 0 Å². The van der Waals surface area contributed by atoms with Gasteiger partial charge in [-0.15, -0.1) is 0 Å². The highest BCUT2D eigenvalue weighted by molar-refractivity contribution is 5.96. The first-order valence-electron chi connectivity index (χ1n) is 3.84. The van der Waals surface area contributed by atoms with Crippen LogP contribution in [0.2, 0.25) is 0 Å². The third-order valence-corrected chi connectivity index (χ3v) is 1.40. The Morgan fingerprint density at radius 3 is 1.83 bits per heavy atom. The molecule has 1 aliphatic carbocycles. The second-order valence-corrected chi connectivity index (χ2v) is 2.96. The molecule has 1 rings (SSSR count). The van der Waals surface area contributed by atoms with Crippen LogP contribution < -0.4 is 0 Å². The Morgan fingerprint density at radius 2 is 1.75 bits per heavy atom. The molecular weight excluding hydrogens is 156 g/mol. The fourth-order valence-electron chi connectivity index (χ4n) is 0.776. The lowest BCUT2D eigenvalue weighted by atomic mass is 10.3. The monoisotopic (exact) mass is 170 g/mol. The molecule has 0 aliphatic heterocycles. The van der Waals surface area contributed by atoms with Crippen LogP contribution in [0.3, 0.4) is 0 Å². The Kier molecular flexibility index (Phi) is 4.26. The van der Waals surface area contributed by atoms with Crippen LogP contribution in [0.5, 0.6) is 0 Å². The highest BCUT2D eigenvalue weighted by Gasteiger charge is 2.17. The van der Waals surface area contributed by atoms with Gasteiger partial charge in [0.15, 0.2) is 11.5 Å². The quantitative estimate of drug-likeness (QED) is 0.602. The Balaban J connectivity index is 0.000000261. The maximum Gasteiger partial charge on any atom is 0.197 e. The first-order valence-corrected chi connectivity index (χ1v) is 3.84. The zero-order valence-corrected chi connectivity index (χ0v) is 7.68. The number of hydrogen-bond donors (Lipinski definition) is 1. The molecule has 0 radical (unpaired) electrons. The summed E-state index contributed by atoms with van der Waals surface area (Å²) in [7, 11) is 0. The minimum absolute atomic E-state index is 0.00926.